The number of rotatable bonds is 2. The molecule has 0 saturated carbocycles. The van der Waals surface area contributed by atoms with Crippen molar-refractivity contribution in [2.24, 2.45) is 0 Å². The van der Waals surface area contributed by atoms with Crippen LogP contribution in [-0.4, -0.2) is 29.4 Å². The fourth-order valence-electron chi connectivity index (χ4n) is 1.96. The summed E-state index contributed by atoms with van der Waals surface area (Å²) in [7, 11) is 0. The molecule has 0 bridgehead atoms. The molecule has 3 N–H and O–H groups in total. The number of nitrogens with two attached hydrogens (primary N) is 1. The summed E-state index contributed by atoms with van der Waals surface area (Å²) in [4.78, 5) is 13.2. The summed E-state index contributed by atoms with van der Waals surface area (Å²) >= 11 is 1.43. The SMILES string of the molecule is CC(=O)NC1CCN(c2cc(N)ns2)CC1. The molecule has 1 aliphatic rings. The normalized spacial score (nSPS) is 17.4. The predicted molar refractivity (Wildman–Crippen MR) is 65.6 cm³/mol. The maximum Gasteiger partial charge on any atom is 0.217 e. The second-order valence-corrected chi connectivity index (χ2v) is 4.84. The van der Waals surface area contributed by atoms with Crippen LogP contribution >= 0.6 is 11.5 Å². The van der Waals surface area contributed by atoms with Crippen molar-refractivity contribution in [1.29, 1.82) is 0 Å². The van der Waals surface area contributed by atoms with Crippen LogP contribution < -0.4 is 16.0 Å². The maximum absolute atomic E-state index is 10.9. The third-order valence-electron chi connectivity index (χ3n) is 2.73. The molecule has 0 unspecified atom stereocenters. The van der Waals surface area contributed by atoms with Gasteiger partial charge in [0.2, 0.25) is 5.91 Å². The number of nitrogen functional groups attached to an aromatic ring is 1. The van der Waals surface area contributed by atoms with Gasteiger partial charge in [0.25, 0.3) is 0 Å². The number of amides is 1. The summed E-state index contributed by atoms with van der Waals surface area (Å²) in [5, 5.41) is 4.08. The number of aromatic nitrogens is 1. The van der Waals surface area contributed by atoms with Crippen LogP contribution in [0.4, 0.5) is 10.8 Å². The first-order chi connectivity index (χ1) is 7.65. The summed E-state index contributed by atoms with van der Waals surface area (Å²) in [5.41, 5.74) is 5.59. The van der Waals surface area contributed by atoms with E-state index in [9.17, 15) is 4.79 Å². The fraction of sp³-hybridized carbons (Fsp3) is 0.600. The largest absolute Gasteiger partial charge is 0.383 e. The van der Waals surface area contributed by atoms with Gasteiger partial charge in [0.15, 0.2) is 0 Å². The molecule has 0 aromatic carbocycles. The molecule has 0 radical (unpaired) electrons. The van der Waals surface area contributed by atoms with E-state index in [1.807, 2.05) is 6.07 Å². The van der Waals surface area contributed by atoms with Crippen LogP contribution in [0.2, 0.25) is 0 Å². The van der Waals surface area contributed by atoms with Crippen molar-refractivity contribution in [3.63, 3.8) is 0 Å². The first kappa shape index (κ1) is 11.2. The maximum atomic E-state index is 10.9. The third-order valence-corrected chi connectivity index (χ3v) is 3.60. The van der Waals surface area contributed by atoms with Crippen LogP contribution in [0.25, 0.3) is 0 Å². The lowest BCUT2D eigenvalue weighted by atomic mass is 10.1. The lowest BCUT2D eigenvalue weighted by Crippen LogP contribution is -2.43. The van der Waals surface area contributed by atoms with Crippen LogP contribution in [0.1, 0.15) is 19.8 Å². The second-order valence-electron chi connectivity index (χ2n) is 4.05. The van der Waals surface area contributed by atoms with Crippen molar-refractivity contribution in [2.75, 3.05) is 23.7 Å². The molecule has 2 heterocycles. The minimum Gasteiger partial charge on any atom is -0.383 e. The zero-order valence-electron chi connectivity index (χ0n) is 9.27. The van der Waals surface area contributed by atoms with E-state index in [0.29, 0.717) is 11.9 Å². The second kappa shape index (κ2) is 4.69. The van der Waals surface area contributed by atoms with Crippen molar-refractivity contribution in [3.8, 4) is 0 Å². The van der Waals surface area contributed by atoms with Gasteiger partial charge >= 0.3 is 0 Å². The van der Waals surface area contributed by atoms with E-state index in [2.05, 4.69) is 14.6 Å². The highest BCUT2D eigenvalue weighted by molar-refractivity contribution is 7.10. The topological polar surface area (TPSA) is 71.2 Å². The molecule has 16 heavy (non-hydrogen) atoms. The van der Waals surface area contributed by atoms with Gasteiger partial charge in [0, 0.05) is 32.1 Å². The number of carbonyl (C=O) groups is 1. The standard InChI is InChI=1S/C10H16N4OS/c1-7(15)12-8-2-4-14(5-3-8)10-6-9(11)13-16-10/h6,8H,2-5H2,1H3,(H2,11,13)(H,12,15). The molecular weight excluding hydrogens is 224 g/mol. The molecule has 1 fully saturated rings. The van der Waals surface area contributed by atoms with Gasteiger partial charge in [-0.25, -0.2) is 0 Å². The number of piperidine rings is 1. The van der Waals surface area contributed by atoms with Gasteiger partial charge in [-0.3, -0.25) is 4.79 Å². The quantitative estimate of drug-likeness (QED) is 0.803. The summed E-state index contributed by atoms with van der Waals surface area (Å²) in [6, 6.07) is 2.22. The number of hydrogen-bond donors (Lipinski definition) is 2. The summed E-state index contributed by atoms with van der Waals surface area (Å²) < 4.78 is 4.07. The van der Waals surface area contributed by atoms with Crippen molar-refractivity contribution < 1.29 is 4.79 Å². The van der Waals surface area contributed by atoms with Gasteiger partial charge in [-0.1, -0.05) is 0 Å². The van der Waals surface area contributed by atoms with E-state index in [0.717, 1.165) is 30.9 Å². The van der Waals surface area contributed by atoms with Crippen LogP contribution in [-0.2, 0) is 4.79 Å². The molecule has 6 heteroatoms. The molecule has 0 atom stereocenters. The highest BCUT2D eigenvalue weighted by Gasteiger charge is 2.20. The van der Waals surface area contributed by atoms with E-state index in [-0.39, 0.29) is 5.91 Å². The minimum absolute atomic E-state index is 0.0560. The molecule has 1 amide bonds. The zero-order chi connectivity index (χ0) is 11.5. The Hall–Kier alpha value is -1.30. The van der Waals surface area contributed by atoms with E-state index in [1.165, 1.54) is 11.5 Å². The summed E-state index contributed by atoms with van der Waals surface area (Å²) in [6.45, 7) is 3.47. The highest BCUT2D eigenvalue weighted by atomic mass is 32.1. The number of carbonyl (C=O) groups excluding carboxylic acids is 1. The minimum atomic E-state index is 0.0560. The molecule has 1 aromatic rings. The number of hydrogen-bond acceptors (Lipinski definition) is 5. The number of nitrogens with one attached hydrogen (secondary N) is 1. The lowest BCUT2D eigenvalue weighted by molar-refractivity contribution is -0.119. The van der Waals surface area contributed by atoms with E-state index >= 15 is 0 Å². The average molecular weight is 240 g/mol. The van der Waals surface area contributed by atoms with E-state index in [1.54, 1.807) is 6.92 Å². The van der Waals surface area contributed by atoms with Gasteiger partial charge < -0.3 is 16.0 Å². The van der Waals surface area contributed by atoms with E-state index < -0.39 is 0 Å². The zero-order valence-corrected chi connectivity index (χ0v) is 10.1. The van der Waals surface area contributed by atoms with Gasteiger partial charge in [-0.2, -0.15) is 4.37 Å². The smallest absolute Gasteiger partial charge is 0.217 e. The number of anilines is 2. The van der Waals surface area contributed by atoms with Gasteiger partial charge in [0.05, 0.1) is 0 Å². The Morgan fingerprint density at radius 2 is 2.31 bits per heavy atom. The van der Waals surface area contributed by atoms with Gasteiger partial charge in [-0.15, -0.1) is 0 Å². The summed E-state index contributed by atoms with van der Waals surface area (Å²) in [6.07, 6.45) is 1.97. The Morgan fingerprint density at radius 1 is 1.62 bits per heavy atom. The van der Waals surface area contributed by atoms with E-state index in [4.69, 9.17) is 5.73 Å². The number of nitrogens with zero attached hydrogens (tertiary/aromatic N) is 2. The third kappa shape index (κ3) is 2.63. The van der Waals surface area contributed by atoms with Crippen molar-refractivity contribution in [3.05, 3.63) is 6.07 Å². The van der Waals surface area contributed by atoms with Gasteiger partial charge in [-0.05, 0) is 24.4 Å². The molecule has 2 rings (SSSR count). The Morgan fingerprint density at radius 3 is 2.81 bits per heavy atom. The first-order valence-electron chi connectivity index (χ1n) is 5.39. The van der Waals surface area contributed by atoms with Crippen molar-refractivity contribution >= 4 is 28.3 Å². The average Bonchev–Trinajstić information content (AvgIpc) is 2.65. The molecular formula is C10H16N4OS. The summed E-state index contributed by atoms with van der Waals surface area (Å²) in [5.74, 6) is 0.643. The Kier molecular flexibility index (Phi) is 3.28. The van der Waals surface area contributed by atoms with Crippen LogP contribution in [0.3, 0.4) is 0 Å². The molecule has 1 aliphatic heterocycles. The first-order valence-corrected chi connectivity index (χ1v) is 6.17. The molecule has 0 spiro atoms. The fourth-order valence-corrected chi connectivity index (χ4v) is 2.68. The van der Waals surface area contributed by atoms with Crippen LogP contribution in [0.5, 0.6) is 0 Å². The Balaban J connectivity index is 1.87. The monoisotopic (exact) mass is 240 g/mol. The van der Waals surface area contributed by atoms with Gasteiger partial charge in [0.1, 0.15) is 10.8 Å². The molecule has 1 saturated heterocycles. The highest BCUT2D eigenvalue weighted by Crippen LogP contribution is 2.25. The molecule has 1 aromatic heterocycles. The van der Waals surface area contributed by atoms with Crippen LogP contribution in [0, 0.1) is 0 Å². The molecule has 5 nitrogen and oxygen atoms in total. The Bertz CT molecular complexity index is 371. The van der Waals surface area contributed by atoms with Crippen LogP contribution in [0.15, 0.2) is 6.07 Å². The lowest BCUT2D eigenvalue weighted by Gasteiger charge is -2.32. The van der Waals surface area contributed by atoms with Crippen molar-refractivity contribution in [1.82, 2.24) is 9.69 Å². The molecule has 0 aliphatic carbocycles. The molecule has 88 valence electrons. The predicted octanol–water partition coefficient (Wildman–Crippen LogP) is 0.830. The van der Waals surface area contributed by atoms with Crippen molar-refractivity contribution in [2.45, 2.75) is 25.8 Å². The Labute approximate surface area is 98.8 Å².